The topological polar surface area (TPSA) is 92.2 Å². The number of fused-ring (bicyclic) bond motifs is 1. The summed E-state index contributed by atoms with van der Waals surface area (Å²) in [4.78, 5) is 23.7. The number of nitrogens with one attached hydrogen (secondary N) is 1. The zero-order valence-corrected chi connectivity index (χ0v) is 21.3. The number of nitrogens with zero attached hydrogens (tertiary/aromatic N) is 3. The molecule has 0 amide bonds. The number of benzene rings is 3. The Kier molecular flexibility index (Phi) is 7.53. The molecule has 1 fully saturated rings. The molecule has 7 nitrogen and oxygen atoms in total. The van der Waals surface area contributed by atoms with Crippen LogP contribution in [0, 0.1) is 5.82 Å². The summed E-state index contributed by atoms with van der Waals surface area (Å²) in [5, 5.41) is 20.6. The lowest BCUT2D eigenvalue weighted by molar-refractivity contribution is -0.136. The minimum absolute atomic E-state index is 0.0162. The van der Waals surface area contributed by atoms with Gasteiger partial charge in [0.15, 0.2) is 5.88 Å². The van der Waals surface area contributed by atoms with E-state index in [1.54, 1.807) is 6.07 Å². The average Bonchev–Trinajstić information content (AvgIpc) is 3.23. The van der Waals surface area contributed by atoms with Crippen LogP contribution in [0.4, 0.5) is 10.1 Å². The van der Waals surface area contributed by atoms with Crippen LogP contribution in [0.3, 0.4) is 0 Å². The highest BCUT2D eigenvalue weighted by Crippen LogP contribution is 2.32. The first kappa shape index (κ1) is 25.6. The maximum Gasteiger partial charge on any atom is 0.303 e. The van der Waals surface area contributed by atoms with Crippen molar-refractivity contribution in [2.75, 3.05) is 33.2 Å². The predicted octanol–water partition coefficient (Wildman–Crippen LogP) is 4.95. The lowest BCUT2D eigenvalue weighted by Crippen LogP contribution is -2.43. The van der Waals surface area contributed by atoms with Crippen molar-refractivity contribution in [2.24, 2.45) is 4.99 Å². The lowest BCUT2D eigenvalue weighted by Gasteiger charge is -2.32. The molecule has 0 unspecified atom stereocenters. The van der Waals surface area contributed by atoms with Crippen molar-refractivity contribution >= 4 is 28.3 Å². The number of aromatic hydroxyl groups is 1. The number of hydrogen-bond acceptors (Lipinski definition) is 5. The van der Waals surface area contributed by atoms with E-state index in [4.69, 9.17) is 10.1 Å². The van der Waals surface area contributed by atoms with Crippen molar-refractivity contribution in [3.63, 3.8) is 0 Å². The molecule has 0 aliphatic carbocycles. The van der Waals surface area contributed by atoms with Crippen LogP contribution in [0.1, 0.15) is 28.7 Å². The third-order valence-corrected chi connectivity index (χ3v) is 6.98. The summed E-state index contributed by atoms with van der Waals surface area (Å²) >= 11 is 0. The van der Waals surface area contributed by atoms with Crippen LogP contribution in [0.5, 0.6) is 5.88 Å². The lowest BCUT2D eigenvalue weighted by atomic mass is 9.97. The highest BCUT2D eigenvalue weighted by molar-refractivity contribution is 6.21. The molecule has 8 heteroatoms. The molecule has 1 aliphatic rings. The monoisotopic (exact) mass is 514 g/mol. The Balaban J connectivity index is 1.52. The molecular formula is C30H31FN4O3. The van der Waals surface area contributed by atoms with Crippen LogP contribution >= 0.6 is 0 Å². The number of carbonyl (C=O) groups is 1. The molecule has 4 aromatic rings. The van der Waals surface area contributed by atoms with Gasteiger partial charge in [0.05, 0.1) is 22.5 Å². The van der Waals surface area contributed by atoms with Gasteiger partial charge in [0.2, 0.25) is 0 Å². The Morgan fingerprint density at radius 2 is 1.76 bits per heavy atom. The minimum Gasteiger partial charge on any atom is -0.494 e. The zero-order valence-electron chi connectivity index (χ0n) is 21.3. The normalized spacial score (nSPS) is 15.3. The molecular weight excluding hydrogens is 483 g/mol. The summed E-state index contributed by atoms with van der Waals surface area (Å²) in [6.45, 7) is 5.09. The fourth-order valence-corrected chi connectivity index (χ4v) is 4.85. The fraction of sp³-hybridized carbons (Fsp3) is 0.267. The number of aliphatic imine (C=N–C) groups is 1. The minimum atomic E-state index is -0.864. The molecule has 196 valence electrons. The average molecular weight is 515 g/mol. The first-order valence-electron chi connectivity index (χ1n) is 12.8. The maximum absolute atomic E-state index is 13.9. The number of H-pyrrole nitrogens is 1. The van der Waals surface area contributed by atoms with Gasteiger partial charge in [-0.15, -0.1) is 0 Å². The highest BCUT2D eigenvalue weighted by Gasteiger charge is 2.20. The molecule has 1 saturated heterocycles. The van der Waals surface area contributed by atoms with E-state index in [-0.39, 0.29) is 12.3 Å². The van der Waals surface area contributed by atoms with Crippen LogP contribution in [0.2, 0.25) is 0 Å². The molecule has 1 aromatic heterocycles. The second-order valence-corrected chi connectivity index (χ2v) is 9.84. The Morgan fingerprint density at radius 1 is 1.00 bits per heavy atom. The number of aromatic nitrogens is 1. The Bertz CT molecular complexity index is 1470. The van der Waals surface area contributed by atoms with E-state index in [1.807, 2.05) is 36.4 Å². The van der Waals surface area contributed by atoms with Crippen molar-refractivity contribution in [2.45, 2.75) is 19.4 Å². The molecule has 1 aliphatic heterocycles. The standard InChI is InChI=1S/C30H31FN4O3/c1-34-13-15-35(16-14-34)19-21-5-9-24(10-6-21)32-29(22-4-2-3-20(17-22)7-12-27(36)37)28-25-11-8-23(31)18-26(25)33-30(28)38/h2-6,8-11,17-18,33,38H,7,12-16,19H2,1H3,(H,36,37). The van der Waals surface area contributed by atoms with E-state index in [0.717, 1.165) is 43.9 Å². The van der Waals surface area contributed by atoms with Gasteiger partial charge >= 0.3 is 5.97 Å². The van der Waals surface area contributed by atoms with E-state index in [2.05, 4.69) is 34.0 Å². The molecule has 38 heavy (non-hydrogen) atoms. The fourth-order valence-electron chi connectivity index (χ4n) is 4.85. The largest absolute Gasteiger partial charge is 0.494 e. The van der Waals surface area contributed by atoms with Gasteiger partial charge < -0.3 is 20.1 Å². The Labute approximate surface area is 220 Å². The van der Waals surface area contributed by atoms with Gasteiger partial charge in [0.1, 0.15) is 5.82 Å². The number of carboxylic acids is 1. The van der Waals surface area contributed by atoms with E-state index in [0.29, 0.717) is 34.3 Å². The predicted molar refractivity (Wildman–Crippen MR) is 147 cm³/mol. The molecule has 3 aromatic carbocycles. The first-order chi connectivity index (χ1) is 18.4. The number of aliphatic carboxylic acids is 1. The quantitative estimate of drug-likeness (QED) is 0.290. The van der Waals surface area contributed by atoms with Crippen LogP contribution in [-0.4, -0.2) is 69.9 Å². The number of carboxylic acid groups (broad SMARTS) is 1. The van der Waals surface area contributed by atoms with Crippen molar-refractivity contribution < 1.29 is 19.4 Å². The van der Waals surface area contributed by atoms with Gasteiger partial charge in [0, 0.05) is 50.1 Å². The summed E-state index contributed by atoms with van der Waals surface area (Å²) in [5.41, 5.74) is 4.96. The van der Waals surface area contributed by atoms with Gasteiger partial charge in [-0.1, -0.05) is 30.3 Å². The SMILES string of the molecule is CN1CCN(Cc2ccc(N=C(c3cccc(CCC(=O)O)c3)c3c(O)[nH]c4cc(F)ccc34)cc2)CC1. The molecule has 0 atom stereocenters. The summed E-state index contributed by atoms with van der Waals surface area (Å²) in [6.07, 6.45) is 0.394. The van der Waals surface area contributed by atoms with Crippen LogP contribution < -0.4 is 0 Å². The smallest absolute Gasteiger partial charge is 0.303 e. The molecule has 5 rings (SSSR count). The van der Waals surface area contributed by atoms with E-state index < -0.39 is 11.8 Å². The third-order valence-electron chi connectivity index (χ3n) is 6.98. The summed E-state index contributed by atoms with van der Waals surface area (Å²) < 4.78 is 13.9. The Morgan fingerprint density at radius 3 is 2.50 bits per heavy atom. The van der Waals surface area contributed by atoms with Crippen LogP contribution in [-0.2, 0) is 17.8 Å². The number of hydrogen-bond donors (Lipinski definition) is 3. The Hall–Kier alpha value is -4.01. The van der Waals surface area contributed by atoms with Crippen molar-refractivity contribution in [1.82, 2.24) is 14.8 Å². The molecule has 2 heterocycles. The van der Waals surface area contributed by atoms with Gasteiger partial charge in [-0.2, -0.15) is 0 Å². The molecule has 3 N–H and O–H groups in total. The van der Waals surface area contributed by atoms with Gasteiger partial charge in [-0.05, 0) is 61.0 Å². The number of aryl methyl sites for hydroxylation is 1. The van der Waals surface area contributed by atoms with Crippen molar-refractivity contribution in [3.8, 4) is 5.88 Å². The van der Waals surface area contributed by atoms with Gasteiger partial charge in [-0.3, -0.25) is 9.69 Å². The maximum atomic E-state index is 13.9. The van der Waals surface area contributed by atoms with E-state index >= 15 is 0 Å². The first-order valence-corrected chi connectivity index (χ1v) is 12.8. The number of aromatic amines is 1. The number of piperazine rings is 1. The number of halogens is 1. The highest BCUT2D eigenvalue weighted by atomic mass is 19.1. The van der Waals surface area contributed by atoms with Crippen molar-refractivity contribution in [3.05, 3.63) is 94.8 Å². The molecule has 0 bridgehead atoms. The second kappa shape index (κ2) is 11.2. The number of likely N-dealkylation sites (N-methyl/N-ethyl adjacent to an activating group) is 1. The van der Waals surface area contributed by atoms with Gasteiger partial charge in [0.25, 0.3) is 0 Å². The second-order valence-electron chi connectivity index (χ2n) is 9.84. The van der Waals surface area contributed by atoms with Crippen LogP contribution in [0.15, 0.2) is 71.7 Å². The van der Waals surface area contributed by atoms with Crippen LogP contribution in [0.25, 0.3) is 10.9 Å². The van der Waals surface area contributed by atoms with E-state index in [9.17, 15) is 14.3 Å². The summed E-state index contributed by atoms with van der Waals surface area (Å²) in [6, 6.07) is 19.9. The van der Waals surface area contributed by atoms with Gasteiger partial charge in [-0.25, -0.2) is 9.38 Å². The zero-order chi connectivity index (χ0) is 26.6. The van der Waals surface area contributed by atoms with Crippen molar-refractivity contribution in [1.29, 1.82) is 0 Å². The molecule has 0 saturated carbocycles. The summed E-state index contributed by atoms with van der Waals surface area (Å²) in [5.74, 6) is -1.38. The molecule has 0 spiro atoms. The third kappa shape index (κ3) is 5.93. The van der Waals surface area contributed by atoms with E-state index in [1.165, 1.54) is 17.7 Å². The number of rotatable bonds is 8. The summed E-state index contributed by atoms with van der Waals surface area (Å²) in [7, 11) is 2.14. The molecule has 0 radical (unpaired) electrons.